The van der Waals surface area contributed by atoms with Crippen molar-refractivity contribution in [3.63, 3.8) is 0 Å². The summed E-state index contributed by atoms with van der Waals surface area (Å²) in [6, 6.07) is 20.9. The van der Waals surface area contributed by atoms with Crippen LogP contribution in [0.3, 0.4) is 0 Å². The number of hydrogen-bond acceptors (Lipinski definition) is 5. The zero-order chi connectivity index (χ0) is 22.9. The summed E-state index contributed by atoms with van der Waals surface area (Å²) in [7, 11) is 0. The van der Waals surface area contributed by atoms with E-state index in [9.17, 15) is 9.59 Å². The molecule has 2 heterocycles. The molecule has 7 nitrogen and oxygen atoms in total. The molecule has 0 aliphatic carbocycles. The fourth-order valence-electron chi connectivity index (χ4n) is 3.22. The molecule has 0 aliphatic rings. The van der Waals surface area contributed by atoms with Gasteiger partial charge >= 0.3 is 0 Å². The lowest BCUT2D eigenvalue weighted by molar-refractivity contribution is -0.118. The predicted octanol–water partition coefficient (Wildman–Crippen LogP) is 3.85. The lowest BCUT2D eigenvalue weighted by Crippen LogP contribution is -2.27. The highest BCUT2D eigenvalue weighted by atomic mass is 32.2. The molecule has 33 heavy (non-hydrogen) atoms. The lowest BCUT2D eigenvalue weighted by Gasteiger charge is -2.09. The van der Waals surface area contributed by atoms with Gasteiger partial charge in [-0.2, -0.15) is 0 Å². The highest BCUT2D eigenvalue weighted by Crippen LogP contribution is 2.20. The molecule has 0 bridgehead atoms. The van der Waals surface area contributed by atoms with Crippen LogP contribution in [0.5, 0.6) is 0 Å². The molecule has 0 aliphatic heterocycles. The van der Waals surface area contributed by atoms with Crippen molar-refractivity contribution in [2.45, 2.75) is 18.1 Å². The molecule has 8 heteroatoms. The first kappa shape index (κ1) is 22.4. The molecule has 0 atom stereocenters. The molecular formula is C25H24N4O3S. The van der Waals surface area contributed by atoms with E-state index in [-0.39, 0.29) is 17.6 Å². The van der Waals surface area contributed by atoms with Crippen LogP contribution in [0.1, 0.15) is 21.7 Å². The van der Waals surface area contributed by atoms with Crippen molar-refractivity contribution in [3.8, 4) is 5.69 Å². The fourth-order valence-corrected chi connectivity index (χ4v) is 4.02. The zero-order valence-electron chi connectivity index (χ0n) is 17.9. The second-order valence-electron chi connectivity index (χ2n) is 7.26. The molecule has 2 N–H and O–H groups in total. The lowest BCUT2D eigenvalue weighted by atomic mass is 10.1. The largest absolute Gasteiger partial charge is 0.467 e. The number of furan rings is 1. The fraction of sp³-hybridized carbons (Fsp3) is 0.160. The van der Waals surface area contributed by atoms with Crippen LogP contribution in [0, 0.1) is 0 Å². The van der Waals surface area contributed by atoms with Crippen molar-refractivity contribution in [2.24, 2.45) is 0 Å². The maximum atomic E-state index is 12.3. The van der Waals surface area contributed by atoms with E-state index in [0.29, 0.717) is 29.6 Å². The van der Waals surface area contributed by atoms with E-state index in [1.165, 1.54) is 17.3 Å². The normalized spacial score (nSPS) is 10.7. The standard InChI is InChI=1S/C25H24N4O3S/c30-23(26-13-12-19-5-2-1-3-6-19)18-33-25-27-14-15-29(25)21-10-8-20(9-11-21)24(31)28-17-22-7-4-16-32-22/h1-11,14-16H,12-13,17-18H2,(H,26,30)(H,28,31). The maximum Gasteiger partial charge on any atom is 0.251 e. The average Bonchev–Trinajstić information content (AvgIpc) is 3.54. The number of benzene rings is 2. The number of rotatable bonds is 10. The second-order valence-corrected chi connectivity index (χ2v) is 8.21. The van der Waals surface area contributed by atoms with Crippen LogP contribution >= 0.6 is 11.8 Å². The minimum absolute atomic E-state index is 0.0333. The highest BCUT2D eigenvalue weighted by Gasteiger charge is 2.11. The molecule has 2 amide bonds. The highest BCUT2D eigenvalue weighted by molar-refractivity contribution is 7.99. The molecule has 0 saturated heterocycles. The molecule has 0 fully saturated rings. The van der Waals surface area contributed by atoms with Crippen LogP contribution in [-0.4, -0.2) is 33.7 Å². The molecule has 4 aromatic rings. The first-order valence-electron chi connectivity index (χ1n) is 10.6. The Morgan fingerprint density at radius 3 is 2.55 bits per heavy atom. The summed E-state index contributed by atoms with van der Waals surface area (Å²) in [5, 5.41) is 6.48. The number of aromatic nitrogens is 2. The van der Waals surface area contributed by atoms with E-state index >= 15 is 0 Å². The van der Waals surface area contributed by atoms with Crippen molar-refractivity contribution in [3.05, 3.63) is 102 Å². The molecular weight excluding hydrogens is 436 g/mol. The molecule has 0 radical (unpaired) electrons. The number of carbonyl (C=O) groups is 2. The maximum absolute atomic E-state index is 12.3. The van der Waals surface area contributed by atoms with E-state index in [1.807, 2.05) is 59.3 Å². The van der Waals surface area contributed by atoms with Gasteiger partial charge in [-0.3, -0.25) is 14.2 Å². The van der Waals surface area contributed by atoms with Gasteiger partial charge in [0.1, 0.15) is 5.76 Å². The Bertz CT molecular complexity index is 1170. The minimum Gasteiger partial charge on any atom is -0.467 e. The van der Waals surface area contributed by atoms with Gasteiger partial charge in [0.25, 0.3) is 5.91 Å². The van der Waals surface area contributed by atoms with Crippen LogP contribution in [0.15, 0.2) is 95.0 Å². The third-order valence-corrected chi connectivity index (χ3v) is 5.90. The van der Waals surface area contributed by atoms with Crippen molar-refractivity contribution in [1.29, 1.82) is 0 Å². The number of nitrogens with one attached hydrogen (secondary N) is 2. The van der Waals surface area contributed by atoms with E-state index < -0.39 is 0 Å². The number of nitrogens with zero attached hydrogens (tertiary/aromatic N) is 2. The zero-order valence-corrected chi connectivity index (χ0v) is 18.8. The van der Waals surface area contributed by atoms with Crippen molar-refractivity contribution >= 4 is 23.6 Å². The molecule has 4 rings (SSSR count). The van der Waals surface area contributed by atoms with Gasteiger partial charge in [-0.25, -0.2) is 4.98 Å². The first-order chi connectivity index (χ1) is 16.2. The molecule has 2 aromatic heterocycles. The Hall–Kier alpha value is -3.78. The van der Waals surface area contributed by atoms with Crippen LogP contribution in [-0.2, 0) is 17.8 Å². The van der Waals surface area contributed by atoms with Crippen LogP contribution in [0.4, 0.5) is 0 Å². The van der Waals surface area contributed by atoms with Crippen molar-refractivity contribution < 1.29 is 14.0 Å². The number of thioether (sulfide) groups is 1. The van der Waals surface area contributed by atoms with Gasteiger partial charge in [0.2, 0.25) is 5.91 Å². The summed E-state index contributed by atoms with van der Waals surface area (Å²) >= 11 is 1.37. The van der Waals surface area contributed by atoms with E-state index in [1.54, 1.807) is 30.7 Å². The topological polar surface area (TPSA) is 89.2 Å². The summed E-state index contributed by atoms with van der Waals surface area (Å²) < 4.78 is 7.12. The SMILES string of the molecule is O=C(CSc1nccn1-c1ccc(C(=O)NCc2ccco2)cc1)NCCc1ccccc1. The summed E-state index contributed by atoms with van der Waals surface area (Å²) in [5.74, 6) is 0.766. The van der Waals surface area contributed by atoms with Gasteiger partial charge in [0, 0.05) is 30.2 Å². The van der Waals surface area contributed by atoms with E-state index in [4.69, 9.17) is 4.42 Å². The Balaban J connectivity index is 1.27. The van der Waals surface area contributed by atoms with E-state index in [2.05, 4.69) is 15.6 Å². The molecule has 0 saturated carbocycles. The Labute approximate surface area is 196 Å². The van der Waals surface area contributed by atoms with Gasteiger partial charge < -0.3 is 15.1 Å². The second kappa shape index (κ2) is 11.2. The Kier molecular flexibility index (Phi) is 7.60. The summed E-state index contributed by atoms with van der Waals surface area (Å²) in [6.07, 6.45) is 5.90. The summed E-state index contributed by atoms with van der Waals surface area (Å²) in [4.78, 5) is 28.9. The molecule has 0 spiro atoms. The summed E-state index contributed by atoms with van der Waals surface area (Å²) in [6.45, 7) is 0.935. The van der Waals surface area contributed by atoms with Gasteiger partial charge in [-0.05, 0) is 48.4 Å². The van der Waals surface area contributed by atoms with Crippen molar-refractivity contribution in [2.75, 3.05) is 12.3 Å². The van der Waals surface area contributed by atoms with Crippen LogP contribution in [0.2, 0.25) is 0 Å². The Morgan fingerprint density at radius 2 is 1.79 bits per heavy atom. The van der Waals surface area contributed by atoms with Gasteiger partial charge in [0.05, 0.1) is 18.6 Å². The predicted molar refractivity (Wildman–Crippen MR) is 127 cm³/mol. The average molecular weight is 461 g/mol. The molecule has 2 aromatic carbocycles. The summed E-state index contributed by atoms with van der Waals surface area (Å²) in [5.41, 5.74) is 2.61. The van der Waals surface area contributed by atoms with Gasteiger partial charge in [0.15, 0.2) is 5.16 Å². The molecule has 168 valence electrons. The van der Waals surface area contributed by atoms with E-state index in [0.717, 1.165) is 12.1 Å². The third-order valence-electron chi connectivity index (χ3n) is 4.93. The first-order valence-corrected chi connectivity index (χ1v) is 11.6. The number of carbonyl (C=O) groups excluding carboxylic acids is 2. The molecule has 0 unspecified atom stereocenters. The quantitative estimate of drug-likeness (QED) is 0.351. The number of amides is 2. The van der Waals surface area contributed by atoms with Crippen LogP contribution < -0.4 is 10.6 Å². The third kappa shape index (κ3) is 6.36. The number of imidazole rings is 1. The van der Waals surface area contributed by atoms with Crippen LogP contribution in [0.25, 0.3) is 5.69 Å². The Morgan fingerprint density at radius 1 is 0.970 bits per heavy atom. The van der Waals surface area contributed by atoms with Gasteiger partial charge in [-0.15, -0.1) is 0 Å². The smallest absolute Gasteiger partial charge is 0.251 e. The minimum atomic E-state index is -0.176. The van der Waals surface area contributed by atoms with Gasteiger partial charge in [-0.1, -0.05) is 42.1 Å². The van der Waals surface area contributed by atoms with Crippen molar-refractivity contribution in [1.82, 2.24) is 20.2 Å². The monoisotopic (exact) mass is 460 g/mol. The number of hydrogen-bond donors (Lipinski definition) is 2.